The Morgan fingerprint density at radius 1 is 1.29 bits per heavy atom. The first kappa shape index (κ1) is 19.1. The van der Waals surface area contributed by atoms with E-state index in [1.807, 2.05) is 20.1 Å². The van der Waals surface area contributed by atoms with Crippen LogP contribution in [0.5, 0.6) is 0 Å². The zero-order valence-electron chi connectivity index (χ0n) is 14.0. The normalized spacial score (nSPS) is 19.4. The number of halogens is 3. The average Bonchev–Trinajstić information content (AvgIpc) is 2.53. The van der Waals surface area contributed by atoms with Crippen LogP contribution in [0, 0.1) is 5.41 Å². The lowest BCUT2D eigenvalue weighted by Crippen LogP contribution is -2.48. The molecule has 1 aromatic rings. The third-order valence-corrected chi connectivity index (χ3v) is 5.06. The van der Waals surface area contributed by atoms with Crippen molar-refractivity contribution in [2.75, 3.05) is 31.7 Å². The maximum Gasteiger partial charge on any atom is 0.416 e. The number of benzene rings is 1. The lowest BCUT2D eigenvalue weighted by Gasteiger charge is -2.37. The van der Waals surface area contributed by atoms with Crippen LogP contribution in [0.1, 0.15) is 31.1 Å². The van der Waals surface area contributed by atoms with Crippen LogP contribution in [0.4, 0.5) is 13.2 Å². The number of nitrogens with zero attached hydrogens (tertiary/aromatic N) is 1. The first-order valence-corrected chi connectivity index (χ1v) is 9.11. The van der Waals surface area contributed by atoms with Crippen LogP contribution in [0.2, 0.25) is 0 Å². The van der Waals surface area contributed by atoms with E-state index in [0.29, 0.717) is 31.0 Å². The van der Waals surface area contributed by atoms with Gasteiger partial charge in [-0.1, -0.05) is 26.0 Å². The number of morpholine rings is 1. The summed E-state index contributed by atoms with van der Waals surface area (Å²) >= 11 is 1.62. The molecule has 1 saturated heterocycles. The maximum absolute atomic E-state index is 12.7. The molecule has 2 rings (SSSR count). The van der Waals surface area contributed by atoms with Crippen molar-refractivity contribution in [1.29, 1.82) is 0 Å². The van der Waals surface area contributed by atoms with E-state index in [1.54, 1.807) is 16.7 Å². The summed E-state index contributed by atoms with van der Waals surface area (Å²) in [4.78, 5) is 14.4. The third kappa shape index (κ3) is 4.45. The van der Waals surface area contributed by atoms with E-state index in [2.05, 4.69) is 0 Å². The molecule has 1 aliphatic heterocycles. The fourth-order valence-electron chi connectivity index (χ4n) is 2.77. The number of thioether (sulfide) groups is 1. The zero-order valence-corrected chi connectivity index (χ0v) is 14.8. The molecule has 0 spiro atoms. The quantitative estimate of drug-likeness (QED) is 0.812. The van der Waals surface area contributed by atoms with Crippen LogP contribution in [-0.4, -0.2) is 42.5 Å². The highest BCUT2D eigenvalue weighted by atomic mass is 32.2. The zero-order chi connectivity index (χ0) is 18.0. The molecule has 0 unspecified atom stereocenters. The number of hydrogen-bond acceptors (Lipinski definition) is 3. The van der Waals surface area contributed by atoms with E-state index < -0.39 is 23.3 Å². The Balaban J connectivity index is 2.09. The SMILES string of the molecule is CSCC(C)(C)C(=O)N1CCO[C@H](c2ccc(C(F)(F)F)cc2)C1. The van der Waals surface area contributed by atoms with Gasteiger partial charge < -0.3 is 9.64 Å². The monoisotopic (exact) mass is 361 g/mol. The second kappa shape index (κ2) is 7.35. The lowest BCUT2D eigenvalue weighted by molar-refractivity contribution is -0.147. The number of rotatable bonds is 4. The van der Waals surface area contributed by atoms with Crippen molar-refractivity contribution in [2.45, 2.75) is 26.1 Å². The van der Waals surface area contributed by atoms with Gasteiger partial charge in [-0.05, 0) is 24.0 Å². The van der Waals surface area contributed by atoms with Crippen molar-refractivity contribution in [3.8, 4) is 0 Å². The molecule has 0 saturated carbocycles. The molecule has 0 aromatic heterocycles. The predicted octanol–water partition coefficient (Wildman–Crippen LogP) is 3.99. The van der Waals surface area contributed by atoms with Gasteiger partial charge in [-0.3, -0.25) is 4.79 Å². The Morgan fingerprint density at radius 3 is 2.46 bits per heavy atom. The van der Waals surface area contributed by atoms with Crippen LogP contribution < -0.4 is 0 Å². The molecule has 1 atom stereocenters. The van der Waals surface area contributed by atoms with Gasteiger partial charge in [0.2, 0.25) is 5.91 Å². The van der Waals surface area contributed by atoms with Gasteiger partial charge in [-0.2, -0.15) is 24.9 Å². The summed E-state index contributed by atoms with van der Waals surface area (Å²) in [6.45, 7) is 5.07. The van der Waals surface area contributed by atoms with Crippen molar-refractivity contribution in [1.82, 2.24) is 4.90 Å². The smallest absolute Gasteiger partial charge is 0.370 e. The predicted molar refractivity (Wildman–Crippen MR) is 88.9 cm³/mol. The molecule has 0 aliphatic carbocycles. The van der Waals surface area contributed by atoms with Gasteiger partial charge in [0.25, 0.3) is 0 Å². The molecule has 134 valence electrons. The highest BCUT2D eigenvalue weighted by Crippen LogP contribution is 2.32. The molecular weight excluding hydrogens is 339 g/mol. The first-order chi connectivity index (χ1) is 11.1. The number of carbonyl (C=O) groups is 1. The number of ether oxygens (including phenoxy) is 1. The molecule has 3 nitrogen and oxygen atoms in total. The van der Waals surface area contributed by atoms with Crippen molar-refractivity contribution in [3.63, 3.8) is 0 Å². The number of amides is 1. The van der Waals surface area contributed by atoms with E-state index in [9.17, 15) is 18.0 Å². The van der Waals surface area contributed by atoms with Gasteiger partial charge in [0, 0.05) is 12.3 Å². The van der Waals surface area contributed by atoms with Gasteiger partial charge in [0.05, 0.1) is 24.1 Å². The number of hydrogen-bond donors (Lipinski definition) is 0. The first-order valence-electron chi connectivity index (χ1n) is 7.72. The van der Waals surface area contributed by atoms with Crippen LogP contribution in [-0.2, 0) is 15.7 Å². The van der Waals surface area contributed by atoms with Gasteiger partial charge in [0.15, 0.2) is 0 Å². The summed E-state index contributed by atoms with van der Waals surface area (Å²) in [6, 6.07) is 4.96. The second-order valence-electron chi connectivity index (χ2n) is 6.55. The molecule has 0 bridgehead atoms. The average molecular weight is 361 g/mol. The van der Waals surface area contributed by atoms with Crippen LogP contribution in [0.3, 0.4) is 0 Å². The van der Waals surface area contributed by atoms with Gasteiger partial charge >= 0.3 is 6.18 Å². The molecule has 1 fully saturated rings. The van der Waals surface area contributed by atoms with Crippen molar-refractivity contribution >= 4 is 17.7 Å². The summed E-state index contributed by atoms with van der Waals surface area (Å²) in [5.74, 6) is 0.769. The van der Waals surface area contributed by atoms with Crippen LogP contribution >= 0.6 is 11.8 Å². The summed E-state index contributed by atoms with van der Waals surface area (Å²) in [7, 11) is 0. The summed E-state index contributed by atoms with van der Waals surface area (Å²) in [6.07, 6.45) is -2.79. The fourth-order valence-corrected chi connectivity index (χ4v) is 3.62. The molecule has 1 aromatic carbocycles. The summed E-state index contributed by atoms with van der Waals surface area (Å²) in [5, 5.41) is 0. The fraction of sp³-hybridized carbons (Fsp3) is 0.588. The molecule has 0 N–H and O–H groups in total. The minimum atomic E-state index is -4.35. The number of carbonyl (C=O) groups excluding carboxylic acids is 1. The summed E-state index contributed by atoms with van der Waals surface area (Å²) < 4.78 is 43.6. The topological polar surface area (TPSA) is 29.5 Å². The summed E-state index contributed by atoms with van der Waals surface area (Å²) in [5.41, 5.74) is -0.499. The molecule has 1 heterocycles. The minimum Gasteiger partial charge on any atom is -0.370 e. The van der Waals surface area contributed by atoms with E-state index >= 15 is 0 Å². The Bertz CT molecular complexity index is 572. The minimum absolute atomic E-state index is 0.0528. The largest absolute Gasteiger partial charge is 0.416 e. The Labute approximate surface area is 144 Å². The van der Waals surface area contributed by atoms with E-state index in [0.717, 1.165) is 12.1 Å². The molecule has 24 heavy (non-hydrogen) atoms. The van der Waals surface area contributed by atoms with Gasteiger partial charge in [-0.15, -0.1) is 0 Å². The Morgan fingerprint density at radius 2 is 1.92 bits per heavy atom. The highest BCUT2D eigenvalue weighted by Gasteiger charge is 2.35. The van der Waals surface area contributed by atoms with Gasteiger partial charge in [0.1, 0.15) is 6.10 Å². The molecule has 1 amide bonds. The van der Waals surface area contributed by atoms with E-state index in [4.69, 9.17) is 4.74 Å². The van der Waals surface area contributed by atoms with Crippen LogP contribution in [0.25, 0.3) is 0 Å². The standard InChI is InChI=1S/C17H22F3NO2S/c1-16(2,11-24-3)15(22)21-8-9-23-14(10-21)12-4-6-13(7-5-12)17(18,19)20/h4-7,14H,8-11H2,1-3H3/t14-/m0/s1. The molecule has 1 aliphatic rings. The van der Waals surface area contributed by atoms with Gasteiger partial charge in [-0.25, -0.2) is 0 Å². The molecule has 7 heteroatoms. The van der Waals surface area contributed by atoms with Crippen molar-refractivity contribution in [3.05, 3.63) is 35.4 Å². The van der Waals surface area contributed by atoms with Crippen molar-refractivity contribution < 1.29 is 22.7 Å². The Kier molecular flexibility index (Phi) is 5.86. The van der Waals surface area contributed by atoms with E-state index in [-0.39, 0.29) is 5.91 Å². The molecular formula is C17H22F3NO2S. The van der Waals surface area contributed by atoms with Crippen molar-refractivity contribution in [2.24, 2.45) is 5.41 Å². The van der Waals surface area contributed by atoms with Crippen LogP contribution in [0.15, 0.2) is 24.3 Å². The Hall–Kier alpha value is -1.21. The second-order valence-corrected chi connectivity index (χ2v) is 7.41. The lowest BCUT2D eigenvalue weighted by atomic mass is 9.93. The highest BCUT2D eigenvalue weighted by molar-refractivity contribution is 7.98. The van der Waals surface area contributed by atoms with E-state index in [1.165, 1.54) is 12.1 Å². The third-order valence-electron chi connectivity index (χ3n) is 4.05. The number of alkyl halides is 3. The molecule has 0 radical (unpaired) electrons. The maximum atomic E-state index is 12.7.